The van der Waals surface area contributed by atoms with Crippen LogP contribution in [-0.4, -0.2) is 46.9 Å². The number of urea groups is 1. The largest absolute Gasteiger partial charge is 0.451 e. The number of carbonyl (C=O) groups excluding carboxylic acids is 4. The maximum Gasteiger partial charge on any atom is 0.327 e. The van der Waals surface area contributed by atoms with Crippen molar-refractivity contribution in [3.8, 4) is 6.07 Å². The van der Waals surface area contributed by atoms with Crippen molar-refractivity contribution >= 4 is 40.2 Å². The molecule has 0 radical (unpaired) electrons. The molecule has 10 heteroatoms. The molecule has 0 unspecified atom stereocenters. The van der Waals surface area contributed by atoms with Gasteiger partial charge in [0, 0.05) is 0 Å². The molecule has 4 amide bonds. The van der Waals surface area contributed by atoms with Crippen LogP contribution in [0.15, 0.2) is 11.4 Å². The first-order valence-electron chi connectivity index (χ1n) is 9.40. The number of nitrogens with one attached hydrogen (secondary N) is 2. The fourth-order valence-corrected chi connectivity index (χ4v) is 4.50. The zero-order valence-electron chi connectivity index (χ0n) is 16.2. The lowest BCUT2D eigenvalue weighted by Gasteiger charge is -2.36. The molecule has 2 N–H and O–H groups in total. The lowest BCUT2D eigenvalue weighted by molar-refractivity contribution is -0.155. The van der Waals surface area contributed by atoms with Crippen molar-refractivity contribution in [2.24, 2.45) is 5.92 Å². The number of nitriles is 1. The quantitative estimate of drug-likeness (QED) is 0.556. The van der Waals surface area contributed by atoms with Gasteiger partial charge in [0.2, 0.25) is 0 Å². The van der Waals surface area contributed by atoms with Gasteiger partial charge in [0.25, 0.3) is 11.8 Å². The summed E-state index contributed by atoms with van der Waals surface area (Å²) >= 11 is 1.18. The Morgan fingerprint density at radius 1 is 1.48 bits per heavy atom. The topological polar surface area (TPSA) is 129 Å². The third kappa shape index (κ3) is 3.96. The lowest BCUT2D eigenvalue weighted by Crippen LogP contribution is -2.54. The van der Waals surface area contributed by atoms with Gasteiger partial charge in [-0.05, 0) is 37.1 Å². The molecular weight excluding hydrogens is 396 g/mol. The molecule has 2 heterocycles. The number of esters is 1. The number of thiophene rings is 1. The van der Waals surface area contributed by atoms with Crippen molar-refractivity contribution in [3.63, 3.8) is 0 Å². The number of imide groups is 1. The van der Waals surface area contributed by atoms with Crippen LogP contribution in [0.3, 0.4) is 0 Å². The average Bonchev–Trinajstić information content (AvgIpc) is 3.22. The lowest BCUT2D eigenvalue weighted by atomic mass is 9.73. The Balaban J connectivity index is 1.59. The van der Waals surface area contributed by atoms with Gasteiger partial charge in [-0.2, -0.15) is 5.26 Å². The van der Waals surface area contributed by atoms with Crippen LogP contribution in [0.2, 0.25) is 0 Å². The highest BCUT2D eigenvalue weighted by molar-refractivity contribution is 7.14. The number of anilines is 1. The van der Waals surface area contributed by atoms with Gasteiger partial charge < -0.3 is 15.4 Å². The number of ether oxygens (including phenoxy) is 1. The normalized spacial score (nSPS) is 24.7. The average molecular weight is 418 g/mol. The molecule has 1 spiro atoms. The molecule has 9 nitrogen and oxygen atoms in total. The highest BCUT2D eigenvalue weighted by atomic mass is 32.1. The van der Waals surface area contributed by atoms with E-state index in [1.165, 1.54) is 18.3 Å². The van der Waals surface area contributed by atoms with E-state index in [0.717, 1.165) is 24.2 Å². The van der Waals surface area contributed by atoms with E-state index in [0.29, 0.717) is 17.0 Å². The van der Waals surface area contributed by atoms with E-state index in [9.17, 15) is 19.2 Å². The molecule has 0 bridgehead atoms. The van der Waals surface area contributed by atoms with Gasteiger partial charge in [-0.15, -0.1) is 11.3 Å². The summed E-state index contributed by atoms with van der Waals surface area (Å²) in [6.07, 6.45) is 2.05. The molecule has 2 aliphatic rings. The molecular formula is C19H22N4O5S. The van der Waals surface area contributed by atoms with Crippen LogP contribution in [-0.2, 0) is 19.1 Å². The Labute approximate surface area is 172 Å². The second kappa shape index (κ2) is 8.21. The molecule has 3 atom stereocenters. The van der Waals surface area contributed by atoms with Crippen molar-refractivity contribution in [2.45, 2.75) is 51.2 Å². The number of hydrogen-bond donors (Lipinski definition) is 2. The monoisotopic (exact) mass is 418 g/mol. The summed E-state index contributed by atoms with van der Waals surface area (Å²) in [7, 11) is 0. The molecule has 154 valence electrons. The first-order chi connectivity index (χ1) is 13.8. The van der Waals surface area contributed by atoms with E-state index in [2.05, 4.69) is 10.6 Å². The zero-order valence-corrected chi connectivity index (χ0v) is 17.0. The van der Waals surface area contributed by atoms with Crippen molar-refractivity contribution in [1.82, 2.24) is 10.2 Å². The summed E-state index contributed by atoms with van der Waals surface area (Å²) < 4.78 is 5.09. The molecule has 29 heavy (non-hydrogen) atoms. The second-order valence-corrected chi connectivity index (χ2v) is 8.25. The highest BCUT2D eigenvalue weighted by Crippen LogP contribution is 2.38. The van der Waals surface area contributed by atoms with E-state index in [-0.39, 0.29) is 5.92 Å². The first-order valence-corrected chi connectivity index (χ1v) is 10.3. The number of rotatable bonds is 5. The van der Waals surface area contributed by atoms with Gasteiger partial charge >= 0.3 is 12.0 Å². The van der Waals surface area contributed by atoms with Crippen LogP contribution in [0, 0.1) is 17.2 Å². The Kier molecular flexibility index (Phi) is 5.88. The maximum absolute atomic E-state index is 12.9. The summed E-state index contributed by atoms with van der Waals surface area (Å²) in [5, 5.41) is 16.3. The molecule has 1 aromatic rings. The number of nitrogens with zero attached hydrogens (tertiary/aromatic N) is 2. The number of amides is 4. The van der Waals surface area contributed by atoms with Gasteiger partial charge in [-0.25, -0.2) is 4.79 Å². The number of carbonyl (C=O) groups is 4. The van der Waals surface area contributed by atoms with Crippen LogP contribution in [0.25, 0.3) is 0 Å². The minimum absolute atomic E-state index is 0.0152. The van der Waals surface area contributed by atoms with Crippen LogP contribution in [0.4, 0.5) is 9.80 Å². The minimum atomic E-state index is -1.15. The second-order valence-electron chi connectivity index (χ2n) is 7.34. The third-order valence-electron chi connectivity index (χ3n) is 5.49. The summed E-state index contributed by atoms with van der Waals surface area (Å²) in [5.41, 5.74) is -0.640. The summed E-state index contributed by atoms with van der Waals surface area (Å²) in [4.78, 5) is 50.5. The van der Waals surface area contributed by atoms with E-state index in [1.807, 2.05) is 13.0 Å². The van der Waals surface area contributed by atoms with Crippen LogP contribution in [0.5, 0.6) is 0 Å². The van der Waals surface area contributed by atoms with Gasteiger partial charge in [0.1, 0.15) is 23.2 Å². The molecule has 1 saturated heterocycles. The standard InChI is InChI=1S/C19H22N4O5S/c1-11-5-3-4-7-19(11)17(26)23(18(27)22-19)10-14(24)28-12(2)15(25)21-16-13(9-20)6-8-29-16/h6,8,11-12H,3-5,7,10H2,1-2H3,(H,21,25)(H,22,27)/t11-,12+,19+/m1/s1. The Hall–Kier alpha value is -2.93. The van der Waals surface area contributed by atoms with Crippen molar-refractivity contribution < 1.29 is 23.9 Å². The third-order valence-corrected chi connectivity index (χ3v) is 6.32. The van der Waals surface area contributed by atoms with E-state index in [4.69, 9.17) is 10.00 Å². The molecule has 1 saturated carbocycles. The van der Waals surface area contributed by atoms with Gasteiger partial charge in [0.05, 0.1) is 5.56 Å². The van der Waals surface area contributed by atoms with Crippen molar-refractivity contribution in [3.05, 3.63) is 17.0 Å². The van der Waals surface area contributed by atoms with Crippen LogP contribution in [0.1, 0.15) is 45.1 Å². The van der Waals surface area contributed by atoms with E-state index in [1.54, 1.807) is 11.4 Å². The van der Waals surface area contributed by atoms with Crippen LogP contribution < -0.4 is 10.6 Å². The van der Waals surface area contributed by atoms with Crippen molar-refractivity contribution in [2.75, 3.05) is 11.9 Å². The first kappa shape index (κ1) is 20.8. The Bertz CT molecular complexity index is 891. The maximum atomic E-state index is 12.9. The molecule has 0 aromatic carbocycles. The summed E-state index contributed by atoms with van der Waals surface area (Å²) in [6, 6.07) is 2.90. The fourth-order valence-electron chi connectivity index (χ4n) is 3.76. The SMILES string of the molecule is C[C@H](OC(=O)CN1C(=O)N[C@]2(CCCC[C@H]2C)C1=O)C(=O)Nc1sccc1C#N. The Morgan fingerprint density at radius 3 is 2.93 bits per heavy atom. The molecule has 3 rings (SSSR count). The highest BCUT2D eigenvalue weighted by Gasteiger charge is 2.55. The fraction of sp³-hybridized carbons (Fsp3) is 0.526. The number of hydrogen-bond acceptors (Lipinski definition) is 7. The van der Waals surface area contributed by atoms with Crippen molar-refractivity contribution in [1.29, 1.82) is 5.26 Å². The summed E-state index contributed by atoms with van der Waals surface area (Å²) in [5.74, 6) is -1.89. The molecule has 2 fully saturated rings. The summed E-state index contributed by atoms with van der Waals surface area (Å²) in [6.45, 7) is 2.74. The van der Waals surface area contributed by atoms with Crippen LogP contribution >= 0.6 is 11.3 Å². The Morgan fingerprint density at radius 2 is 2.24 bits per heavy atom. The van der Waals surface area contributed by atoms with Gasteiger partial charge in [-0.3, -0.25) is 19.3 Å². The smallest absolute Gasteiger partial charge is 0.327 e. The van der Waals surface area contributed by atoms with E-state index < -0.39 is 42.0 Å². The van der Waals surface area contributed by atoms with Gasteiger partial charge in [-0.1, -0.05) is 19.8 Å². The van der Waals surface area contributed by atoms with E-state index >= 15 is 0 Å². The molecule has 1 aliphatic carbocycles. The molecule has 1 aromatic heterocycles. The predicted molar refractivity (Wildman–Crippen MR) is 104 cm³/mol. The minimum Gasteiger partial charge on any atom is -0.451 e. The molecule has 1 aliphatic heterocycles. The zero-order chi connectivity index (χ0) is 21.2. The predicted octanol–water partition coefficient (Wildman–Crippen LogP) is 1.99. The van der Waals surface area contributed by atoms with Gasteiger partial charge in [0.15, 0.2) is 6.10 Å².